The van der Waals surface area contributed by atoms with Gasteiger partial charge in [-0.15, -0.1) is 0 Å². The van der Waals surface area contributed by atoms with Crippen LogP contribution < -0.4 is 0 Å². The molecule has 88 valence electrons. The van der Waals surface area contributed by atoms with Gasteiger partial charge >= 0.3 is 6.11 Å². The number of Topliss-reactive ketones (excluding diaryl/α,β-unsaturated/α-hetero) is 1. The Morgan fingerprint density at radius 3 is 2.44 bits per heavy atom. The molecule has 1 rings (SSSR count). The van der Waals surface area contributed by atoms with Crippen LogP contribution >= 0.6 is 11.6 Å². The van der Waals surface area contributed by atoms with Crippen LogP contribution in [-0.4, -0.2) is 24.1 Å². The Labute approximate surface area is 95.0 Å². The van der Waals surface area contributed by atoms with E-state index in [1.807, 2.05) is 0 Å². The molecule has 0 bridgehead atoms. The van der Waals surface area contributed by atoms with E-state index < -0.39 is 24.1 Å². The van der Waals surface area contributed by atoms with E-state index in [2.05, 4.69) is 16.3 Å². The fraction of sp³-hybridized carbons (Fsp3) is 0.300. The van der Waals surface area contributed by atoms with Gasteiger partial charge in [-0.2, -0.15) is 8.78 Å². The first kappa shape index (κ1) is 13.0. The molecule has 0 heterocycles. The number of alkyl halides is 4. The molecule has 0 N–H and O–H groups in total. The Morgan fingerprint density at radius 1 is 1.38 bits per heavy atom. The van der Waals surface area contributed by atoms with Gasteiger partial charge in [0.1, 0.15) is 6.61 Å². The van der Waals surface area contributed by atoms with Gasteiger partial charge in [0.25, 0.3) is 5.63 Å². The quantitative estimate of drug-likeness (QED) is 0.595. The molecule has 0 aliphatic carbocycles. The summed E-state index contributed by atoms with van der Waals surface area (Å²) in [6.07, 6.45) is -4.16. The molecule has 0 aromatic heterocycles. The second-order valence-corrected chi connectivity index (χ2v) is 3.32. The molecular weight excluding hydrogens is 245 g/mol. The first-order valence-corrected chi connectivity index (χ1v) is 4.75. The van der Waals surface area contributed by atoms with E-state index in [1.165, 1.54) is 12.1 Å². The number of ketones is 1. The maximum Gasteiger partial charge on any atom is 0.401 e. The molecule has 0 amide bonds. The highest BCUT2D eigenvalue weighted by Crippen LogP contribution is 2.25. The molecule has 0 aliphatic heterocycles. The molecule has 0 saturated heterocycles. The lowest BCUT2D eigenvalue weighted by molar-refractivity contribution is -0.249. The Hall–Kier alpha value is -1.07. The number of hydrogen-bond acceptors (Lipinski definition) is 2. The predicted molar refractivity (Wildman–Crippen MR) is 52.4 cm³/mol. The van der Waals surface area contributed by atoms with E-state index in [0.717, 1.165) is 0 Å². The molecule has 1 aromatic rings. The zero-order valence-corrected chi connectivity index (χ0v) is 8.76. The summed E-state index contributed by atoms with van der Waals surface area (Å²) in [5.74, 6) is -0.669. The standard InChI is InChI=1S/C10H8ClF3O2/c11-9(12)10(13,14)16-6-8(15)7-4-2-1-3-5-7/h1-5,9H,6H2. The molecule has 0 radical (unpaired) electrons. The average Bonchev–Trinajstić information content (AvgIpc) is 2.27. The maximum atomic E-state index is 12.5. The van der Waals surface area contributed by atoms with E-state index in [-0.39, 0.29) is 5.56 Å². The molecule has 1 unspecified atom stereocenters. The number of ether oxygens (including phenoxy) is 1. The summed E-state index contributed by atoms with van der Waals surface area (Å²) in [6.45, 7) is -0.926. The Kier molecular flexibility index (Phi) is 4.32. The molecule has 1 aromatic carbocycles. The van der Waals surface area contributed by atoms with Gasteiger partial charge in [-0.05, 0) is 0 Å². The molecule has 0 fully saturated rings. The third-order valence-corrected chi connectivity index (χ3v) is 2.00. The maximum absolute atomic E-state index is 12.5. The lowest BCUT2D eigenvalue weighted by atomic mass is 10.1. The van der Waals surface area contributed by atoms with Crippen molar-refractivity contribution in [1.29, 1.82) is 0 Å². The van der Waals surface area contributed by atoms with Gasteiger partial charge in [0.15, 0.2) is 5.78 Å². The van der Waals surface area contributed by atoms with Crippen molar-refractivity contribution in [3.8, 4) is 0 Å². The highest BCUT2D eigenvalue weighted by atomic mass is 35.5. The number of hydrogen-bond donors (Lipinski definition) is 0. The number of carbonyl (C=O) groups is 1. The van der Waals surface area contributed by atoms with E-state index in [4.69, 9.17) is 0 Å². The van der Waals surface area contributed by atoms with Crippen LogP contribution in [-0.2, 0) is 4.74 Å². The van der Waals surface area contributed by atoms with Crippen molar-refractivity contribution >= 4 is 17.4 Å². The number of carbonyl (C=O) groups excluding carboxylic acids is 1. The van der Waals surface area contributed by atoms with Crippen molar-refractivity contribution in [3.63, 3.8) is 0 Å². The van der Waals surface area contributed by atoms with Gasteiger partial charge in [0.2, 0.25) is 0 Å². The molecule has 0 spiro atoms. The second kappa shape index (κ2) is 5.32. The third kappa shape index (κ3) is 3.50. The molecule has 1 atom stereocenters. The van der Waals surface area contributed by atoms with Crippen LogP contribution in [0.1, 0.15) is 10.4 Å². The minimum absolute atomic E-state index is 0.211. The van der Waals surface area contributed by atoms with Crippen LogP contribution in [0.5, 0.6) is 0 Å². The average molecular weight is 253 g/mol. The minimum Gasteiger partial charge on any atom is -0.309 e. The van der Waals surface area contributed by atoms with Crippen molar-refractivity contribution in [2.45, 2.75) is 11.7 Å². The summed E-state index contributed by atoms with van der Waals surface area (Å²) < 4.78 is 41.0. The van der Waals surface area contributed by atoms with E-state index >= 15 is 0 Å². The lowest BCUT2D eigenvalue weighted by Crippen LogP contribution is -2.31. The zero-order valence-electron chi connectivity index (χ0n) is 8.00. The fourth-order valence-corrected chi connectivity index (χ4v) is 0.995. The Balaban J connectivity index is 2.54. The highest BCUT2D eigenvalue weighted by Gasteiger charge is 2.40. The third-order valence-electron chi connectivity index (χ3n) is 1.75. The van der Waals surface area contributed by atoms with Crippen LogP contribution in [0.4, 0.5) is 13.2 Å². The zero-order chi connectivity index (χ0) is 12.2. The molecule has 6 heteroatoms. The van der Waals surface area contributed by atoms with Gasteiger partial charge in [-0.1, -0.05) is 41.9 Å². The van der Waals surface area contributed by atoms with Crippen LogP contribution in [0, 0.1) is 0 Å². The number of benzene rings is 1. The van der Waals surface area contributed by atoms with Crippen molar-refractivity contribution in [3.05, 3.63) is 35.9 Å². The summed E-state index contributed by atoms with van der Waals surface area (Å²) in [7, 11) is 0. The Morgan fingerprint density at radius 2 is 1.94 bits per heavy atom. The summed E-state index contributed by atoms with van der Waals surface area (Å²) in [5, 5.41) is 0. The topological polar surface area (TPSA) is 26.3 Å². The first-order valence-electron chi connectivity index (χ1n) is 4.31. The van der Waals surface area contributed by atoms with Crippen LogP contribution in [0.3, 0.4) is 0 Å². The van der Waals surface area contributed by atoms with E-state index in [1.54, 1.807) is 18.2 Å². The lowest BCUT2D eigenvalue weighted by Gasteiger charge is -2.15. The molecular formula is C10H8ClF3O2. The Bertz CT molecular complexity index is 354. The summed E-state index contributed by atoms with van der Waals surface area (Å²) in [4.78, 5) is 11.3. The van der Waals surface area contributed by atoms with Gasteiger partial charge in [-0.3, -0.25) is 4.79 Å². The van der Waals surface area contributed by atoms with Crippen LogP contribution in [0.25, 0.3) is 0 Å². The van der Waals surface area contributed by atoms with Gasteiger partial charge in [0.05, 0.1) is 0 Å². The smallest absolute Gasteiger partial charge is 0.309 e. The summed E-state index contributed by atoms with van der Waals surface area (Å²) in [5.41, 5.74) is -2.76. The molecule has 0 aliphatic rings. The van der Waals surface area contributed by atoms with Gasteiger partial charge in [0, 0.05) is 5.56 Å². The molecule has 0 saturated carbocycles. The number of rotatable bonds is 5. The largest absolute Gasteiger partial charge is 0.401 e. The van der Waals surface area contributed by atoms with Crippen molar-refractivity contribution in [2.24, 2.45) is 0 Å². The molecule has 16 heavy (non-hydrogen) atoms. The van der Waals surface area contributed by atoms with E-state index in [9.17, 15) is 18.0 Å². The van der Waals surface area contributed by atoms with Crippen molar-refractivity contribution in [2.75, 3.05) is 6.61 Å². The van der Waals surface area contributed by atoms with Crippen molar-refractivity contribution in [1.82, 2.24) is 0 Å². The molecule has 2 nitrogen and oxygen atoms in total. The van der Waals surface area contributed by atoms with Crippen molar-refractivity contribution < 1.29 is 22.7 Å². The normalized spacial score (nSPS) is 13.5. The van der Waals surface area contributed by atoms with Gasteiger partial charge in [-0.25, -0.2) is 4.39 Å². The SMILES string of the molecule is O=C(COC(F)(F)C(F)Cl)c1ccccc1. The fourth-order valence-electron chi connectivity index (χ4n) is 0.932. The number of halogens is 4. The van der Waals surface area contributed by atoms with E-state index in [0.29, 0.717) is 0 Å². The monoisotopic (exact) mass is 252 g/mol. The highest BCUT2D eigenvalue weighted by molar-refractivity contribution is 6.20. The summed E-state index contributed by atoms with van der Waals surface area (Å²) in [6, 6.07) is 7.70. The second-order valence-electron chi connectivity index (χ2n) is 2.94. The first-order chi connectivity index (χ1) is 7.43. The van der Waals surface area contributed by atoms with Crippen LogP contribution in [0.2, 0.25) is 0 Å². The summed E-state index contributed by atoms with van der Waals surface area (Å²) >= 11 is 4.55. The van der Waals surface area contributed by atoms with Gasteiger partial charge < -0.3 is 4.74 Å². The van der Waals surface area contributed by atoms with Crippen LogP contribution in [0.15, 0.2) is 30.3 Å². The minimum atomic E-state index is -4.16. The predicted octanol–water partition coefficient (Wildman–Crippen LogP) is 3.01.